The maximum Gasteiger partial charge on any atom is 0.264 e. The first-order valence-electron chi connectivity index (χ1n) is 16.6. The highest BCUT2D eigenvalue weighted by Gasteiger charge is 2.66. The van der Waals surface area contributed by atoms with E-state index < -0.39 is 20.0 Å². The maximum absolute atomic E-state index is 14.7. The summed E-state index contributed by atoms with van der Waals surface area (Å²) in [6.45, 7) is 8.29. The lowest BCUT2D eigenvalue weighted by Crippen LogP contribution is -2.46. The molecular formula is C34H46N6O6Si. The number of piperidine rings is 1. The third-order valence-electron chi connectivity index (χ3n) is 10.0. The number of benzene rings is 2. The highest BCUT2D eigenvalue weighted by Crippen LogP contribution is 2.60. The predicted octanol–water partition coefficient (Wildman–Crippen LogP) is 3.19. The van der Waals surface area contributed by atoms with Crippen molar-refractivity contribution in [1.29, 1.82) is 0 Å². The minimum atomic E-state index is -2.83. The van der Waals surface area contributed by atoms with Crippen molar-refractivity contribution in [2.24, 2.45) is 11.8 Å². The van der Waals surface area contributed by atoms with Crippen molar-refractivity contribution in [3.05, 3.63) is 65.5 Å². The maximum atomic E-state index is 14.7. The third-order valence-corrected chi connectivity index (χ3v) is 12.5. The number of carbonyl (C=O) groups is 2. The fraction of sp³-hybridized carbons (Fsp3) is 0.529. The van der Waals surface area contributed by atoms with E-state index in [1.165, 1.54) is 0 Å². The first-order valence-corrected chi connectivity index (χ1v) is 19.6. The van der Waals surface area contributed by atoms with Crippen LogP contribution in [0, 0.1) is 11.8 Å². The number of ether oxygens (including phenoxy) is 2. The van der Waals surface area contributed by atoms with Gasteiger partial charge >= 0.3 is 0 Å². The molecule has 12 nitrogen and oxygen atoms in total. The highest BCUT2D eigenvalue weighted by molar-refractivity contribution is 6.71. The number of fused-ring (bicyclic) bond motifs is 2. The van der Waals surface area contributed by atoms with Crippen LogP contribution in [0.1, 0.15) is 43.0 Å². The first kappa shape index (κ1) is 33.3. The average molecular weight is 663 g/mol. The molecule has 47 heavy (non-hydrogen) atoms. The van der Waals surface area contributed by atoms with E-state index in [0.29, 0.717) is 43.9 Å². The molecule has 2 saturated heterocycles. The summed E-state index contributed by atoms with van der Waals surface area (Å²) in [5, 5.41) is 23.9. The number of nitrogens with one attached hydrogen (secondary N) is 2. The van der Waals surface area contributed by atoms with Gasteiger partial charge in [-0.15, -0.1) is 5.10 Å². The molecular weight excluding hydrogens is 616 g/mol. The minimum Gasteiger partial charge on any atom is -0.497 e. The monoisotopic (exact) mass is 662 g/mol. The molecule has 0 aliphatic carbocycles. The number of aryl methyl sites for hydroxylation is 1. The molecule has 3 aliphatic heterocycles. The van der Waals surface area contributed by atoms with Crippen molar-refractivity contribution in [3.8, 4) is 5.75 Å². The van der Waals surface area contributed by atoms with E-state index in [9.17, 15) is 19.5 Å². The molecule has 5 atom stereocenters. The number of methoxy groups -OCH3 is 1. The lowest BCUT2D eigenvalue weighted by atomic mass is 9.82. The summed E-state index contributed by atoms with van der Waals surface area (Å²) in [4.78, 5) is 40.9. The molecule has 1 aromatic heterocycles. The standard InChI is InChI=1S/C34H46N6O6Si/c1-22-31(47(3,4)44)30(13-16-39-21-26(14-17-41)37-38-39)46-34(22)28-18-27(45-2)11-12-29(28)40(33(34)43)20-23-7-9-25(10-8-23)36-32(42)24-6-5-15-35-19-24/h7-12,18,21-22,24,30-31,35,41,44H,5-6,13-17,19-20H2,1-4H3,(H,36,42)/t22-,24?,30+,31-,34+/m1/s1. The van der Waals surface area contributed by atoms with Crippen molar-refractivity contribution in [1.82, 2.24) is 20.3 Å². The van der Waals surface area contributed by atoms with Gasteiger partial charge in [-0.2, -0.15) is 0 Å². The number of anilines is 2. The largest absolute Gasteiger partial charge is 0.497 e. The molecule has 3 aromatic rings. The second kappa shape index (κ2) is 13.5. The Morgan fingerprint density at radius 3 is 2.70 bits per heavy atom. The molecule has 2 aromatic carbocycles. The van der Waals surface area contributed by atoms with E-state index in [4.69, 9.17) is 9.47 Å². The van der Waals surface area contributed by atoms with Crippen LogP contribution in [-0.2, 0) is 39.4 Å². The number of carbonyl (C=O) groups excluding carboxylic acids is 2. The number of nitrogens with zero attached hydrogens (tertiary/aromatic N) is 4. The lowest BCUT2D eigenvalue weighted by molar-refractivity contribution is -0.146. The molecule has 252 valence electrons. The molecule has 0 radical (unpaired) electrons. The second-order valence-electron chi connectivity index (χ2n) is 13.6. The van der Waals surface area contributed by atoms with Gasteiger partial charge in [0.05, 0.1) is 37.1 Å². The highest BCUT2D eigenvalue weighted by atomic mass is 28.4. The topological polar surface area (TPSA) is 151 Å². The molecule has 4 heterocycles. The van der Waals surface area contributed by atoms with Gasteiger partial charge in [0.2, 0.25) is 5.91 Å². The van der Waals surface area contributed by atoms with Crippen LogP contribution in [0.2, 0.25) is 18.6 Å². The Morgan fingerprint density at radius 2 is 2.02 bits per heavy atom. The van der Waals surface area contributed by atoms with Crippen molar-refractivity contribution in [2.45, 2.75) is 76.0 Å². The number of hydrogen-bond acceptors (Lipinski definition) is 9. The van der Waals surface area contributed by atoms with E-state index in [2.05, 4.69) is 20.9 Å². The molecule has 1 unspecified atom stereocenters. The van der Waals surface area contributed by atoms with E-state index >= 15 is 0 Å². The zero-order valence-electron chi connectivity index (χ0n) is 27.6. The summed E-state index contributed by atoms with van der Waals surface area (Å²) < 4.78 is 14.3. The molecule has 3 aliphatic rings. The van der Waals surface area contributed by atoms with Gasteiger partial charge < -0.3 is 34.9 Å². The van der Waals surface area contributed by atoms with Crippen LogP contribution >= 0.6 is 0 Å². The van der Waals surface area contributed by atoms with Crippen LogP contribution < -0.4 is 20.3 Å². The summed E-state index contributed by atoms with van der Waals surface area (Å²) in [6, 6.07) is 13.3. The van der Waals surface area contributed by atoms with E-state index in [1.54, 1.807) is 16.7 Å². The first-order chi connectivity index (χ1) is 22.5. The molecule has 1 spiro atoms. The Labute approximate surface area is 276 Å². The number of aliphatic hydroxyl groups excluding tert-OH is 1. The molecule has 2 amide bonds. The Bertz CT molecular complexity index is 1590. The third kappa shape index (κ3) is 6.46. The normalized spacial score (nSPS) is 25.7. The van der Waals surface area contributed by atoms with E-state index in [-0.39, 0.29) is 35.8 Å². The molecule has 0 bridgehead atoms. The van der Waals surface area contributed by atoms with Crippen LogP contribution in [0.25, 0.3) is 0 Å². The predicted molar refractivity (Wildman–Crippen MR) is 179 cm³/mol. The molecule has 4 N–H and O–H groups in total. The van der Waals surface area contributed by atoms with E-state index in [0.717, 1.165) is 41.9 Å². The smallest absolute Gasteiger partial charge is 0.264 e. The van der Waals surface area contributed by atoms with Crippen LogP contribution in [0.3, 0.4) is 0 Å². The zero-order chi connectivity index (χ0) is 33.3. The second-order valence-corrected chi connectivity index (χ2v) is 17.6. The number of amides is 2. The lowest BCUT2D eigenvalue weighted by Gasteiger charge is -2.32. The summed E-state index contributed by atoms with van der Waals surface area (Å²) >= 11 is 0. The zero-order valence-corrected chi connectivity index (χ0v) is 28.6. The van der Waals surface area contributed by atoms with Gasteiger partial charge in [0.1, 0.15) is 5.75 Å². The summed E-state index contributed by atoms with van der Waals surface area (Å²) in [6.07, 6.45) is 4.25. The molecule has 6 rings (SSSR count). The van der Waals surface area contributed by atoms with E-state index in [1.807, 2.05) is 68.7 Å². The quantitative estimate of drug-likeness (QED) is 0.227. The summed E-state index contributed by atoms with van der Waals surface area (Å²) in [5.41, 5.74) is 2.32. The Balaban J connectivity index is 1.26. The molecule has 0 saturated carbocycles. The van der Waals surface area contributed by atoms with Crippen molar-refractivity contribution in [3.63, 3.8) is 0 Å². The minimum absolute atomic E-state index is 0.00261. The van der Waals surface area contributed by atoms with Crippen LogP contribution in [-0.4, -0.2) is 77.9 Å². The number of rotatable bonds is 11. The average Bonchev–Trinajstić information content (AvgIpc) is 3.71. The van der Waals surface area contributed by atoms with Gasteiger partial charge in [-0.05, 0) is 74.8 Å². The van der Waals surface area contributed by atoms with Crippen molar-refractivity contribution in [2.75, 3.05) is 37.0 Å². The number of hydrogen-bond donors (Lipinski definition) is 4. The SMILES string of the molecule is COc1ccc2c(c1)[C@]1(O[C@@H](CCn3cc(CCO)nn3)[C@H]([Si](C)(C)O)[C@H]1C)C(=O)N2Cc1ccc(NC(=O)C2CCCNC2)cc1. The fourth-order valence-corrected chi connectivity index (χ4v) is 10.3. The van der Waals surface area contributed by atoms with Gasteiger partial charge in [-0.25, -0.2) is 0 Å². The van der Waals surface area contributed by atoms with Crippen molar-refractivity contribution >= 4 is 31.5 Å². The van der Waals surface area contributed by atoms with Crippen LogP contribution in [0.15, 0.2) is 48.7 Å². The Kier molecular flexibility index (Phi) is 9.54. The van der Waals surface area contributed by atoms with Crippen molar-refractivity contribution < 1.29 is 29.0 Å². The van der Waals surface area contributed by atoms with Gasteiger partial charge in [-0.1, -0.05) is 24.3 Å². The Morgan fingerprint density at radius 1 is 1.23 bits per heavy atom. The summed E-state index contributed by atoms with van der Waals surface area (Å²) in [5.74, 6) is 0.137. The fourth-order valence-electron chi connectivity index (χ4n) is 7.74. The van der Waals surface area contributed by atoms with Gasteiger partial charge in [0.25, 0.3) is 5.91 Å². The van der Waals surface area contributed by atoms with Crippen LogP contribution in [0.4, 0.5) is 11.4 Å². The van der Waals surface area contributed by atoms with Gasteiger partial charge in [-0.3, -0.25) is 14.3 Å². The van der Waals surface area contributed by atoms with Crippen LogP contribution in [0.5, 0.6) is 5.75 Å². The molecule has 2 fully saturated rings. The van der Waals surface area contributed by atoms with Gasteiger partial charge in [0.15, 0.2) is 13.9 Å². The molecule has 13 heteroatoms. The number of aliphatic hydroxyl groups is 1. The Hall–Kier alpha value is -3.62. The van der Waals surface area contributed by atoms with Gasteiger partial charge in [0, 0.05) is 55.0 Å². The number of aromatic nitrogens is 3. The summed E-state index contributed by atoms with van der Waals surface area (Å²) in [7, 11) is -1.23.